The Labute approximate surface area is 112 Å². The number of hydrogen-bond donors (Lipinski definition) is 2. The van der Waals surface area contributed by atoms with Gasteiger partial charge in [0.25, 0.3) is 0 Å². The van der Waals surface area contributed by atoms with E-state index < -0.39 is 10.0 Å². The lowest BCUT2D eigenvalue weighted by Gasteiger charge is -2.10. The molecule has 19 heavy (non-hydrogen) atoms. The minimum atomic E-state index is -3.87. The van der Waals surface area contributed by atoms with Crippen LogP contribution in [0.4, 0.5) is 5.69 Å². The molecule has 0 amide bonds. The molecule has 0 saturated carbocycles. The molecule has 0 unspecified atom stereocenters. The molecule has 0 saturated heterocycles. The summed E-state index contributed by atoms with van der Waals surface area (Å²) in [6.07, 6.45) is 0. The van der Waals surface area contributed by atoms with Crippen molar-refractivity contribution in [2.45, 2.75) is 25.7 Å². The van der Waals surface area contributed by atoms with Gasteiger partial charge in [0.15, 0.2) is 0 Å². The zero-order valence-electron chi connectivity index (χ0n) is 11.0. The molecule has 4 N–H and O–H groups in total. The number of hydrogen-bond acceptors (Lipinski definition) is 4. The predicted molar refractivity (Wildman–Crippen MR) is 73.6 cm³/mol. The first kappa shape index (κ1) is 13.6. The SMILES string of the molecule is Cc1nn(-c2ccc(N)cc2S(N)(=O)=O)c(C)c1C. The lowest BCUT2D eigenvalue weighted by atomic mass is 10.2. The molecule has 0 radical (unpaired) electrons. The summed E-state index contributed by atoms with van der Waals surface area (Å²) in [5.41, 5.74) is 9.09. The maximum Gasteiger partial charge on any atom is 0.240 e. The van der Waals surface area contributed by atoms with Crippen LogP contribution in [0.3, 0.4) is 0 Å². The Morgan fingerprint density at radius 2 is 1.84 bits per heavy atom. The van der Waals surface area contributed by atoms with E-state index in [9.17, 15) is 8.42 Å². The third-order valence-corrected chi connectivity index (χ3v) is 4.11. The minimum Gasteiger partial charge on any atom is -0.399 e. The third kappa shape index (κ3) is 2.34. The average Bonchev–Trinajstić information content (AvgIpc) is 2.56. The Balaban J connectivity index is 2.79. The lowest BCUT2D eigenvalue weighted by molar-refractivity contribution is 0.596. The Morgan fingerprint density at radius 3 is 2.32 bits per heavy atom. The second-order valence-corrected chi connectivity index (χ2v) is 6.01. The number of anilines is 1. The van der Waals surface area contributed by atoms with E-state index in [-0.39, 0.29) is 4.90 Å². The van der Waals surface area contributed by atoms with Crippen molar-refractivity contribution < 1.29 is 8.42 Å². The third-order valence-electron chi connectivity index (χ3n) is 3.17. The van der Waals surface area contributed by atoms with Crippen molar-refractivity contribution >= 4 is 15.7 Å². The highest BCUT2D eigenvalue weighted by atomic mass is 32.2. The van der Waals surface area contributed by atoms with Crippen molar-refractivity contribution in [2.75, 3.05) is 5.73 Å². The molecular weight excluding hydrogens is 264 g/mol. The fourth-order valence-corrected chi connectivity index (χ4v) is 2.64. The summed E-state index contributed by atoms with van der Waals surface area (Å²) < 4.78 is 24.9. The molecule has 1 heterocycles. The van der Waals surface area contributed by atoms with Crippen LogP contribution in [-0.4, -0.2) is 18.2 Å². The van der Waals surface area contributed by atoms with Gasteiger partial charge in [-0.2, -0.15) is 5.10 Å². The van der Waals surface area contributed by atoms with Gasteiger partial charge in [-0.25, -0.2) is 18.2 Å². The van der Waals surface area contributed by atoms with Crippen LogP contribution in [0.15, 0.2) is 23.1 Å². The highest BCUT2D eigenvalue weighted by Crippen LogP contribution is 2.24. The van der Waals surface area contributed by atoms with Gasteiger partial charge in [0, 0.05) is 11.4 Å². The zero-order valence-corrected chi connectivity index (χ0v) is 11.8. The van der Waals surface area contributed by atoms with Crippen molar-refractivity contribution in [2.24, 2.45) is 5.14 Å². The molecule has 102 valence electrons. The summed E-state index contributed by atoms with van der Waals surface area (Å²) in [5.74, 6) is 0. The van der Waals surface area contributed by atoms with Crippen LogP contribution >= 0.6 is 0 Å². The number of sulfonamides is 1. The molecule has 0 bridgehead atoms. The van der Waals surface area contributed by atoms with Gasteiger partial charge in [0.2, 0.25) is 10.0 Å². The fourth-order valence-electron chi connectivity index (χ4n) is 1.89. The topological polar surface area (TPSA) is 104 Å². The molecule has 1 aromatic heterocycles. The predicted octanol–water partition coefficient (Wildman–Crippen LogP) is 1.03. The molecule has 0 aliphatic carbocycles. The molecular formula is C12H16N4O2S. The van der Waals surface area contributed by atoms with Gasteiger partial charge in [-0.05, 0) is 44.5 Å². The number of benzene rings is 1. The minimum absolute atomic E-state index is 0.0295. The van der Waals surface area contributed by atoms with E-state index >= 15 is 0 Å². The van der Waals surface area contributed by atoms with E-state index in [1.54, 1.807) is 16.8 Å². The van der Waals surface area contributed by atoms with Gasteiger partial charge in [-0.15, -0.1) is 0 Å². The number of nitrogens with two attached hydrogens (primary N) is 2. The van der Waals surface area contributed by atoms with Gasteiger partial charge >= 0.3 is 0 Å². The molecule has 7 heteroatoms. The van der Waals surface area contributed by atoms with Gasteiger partial charge in [0.1, 0.15) is 4.90 Å². The molecule has 2 aromatic rings. The van der Waals surface area contributed by atoms with Crippen LogP contribution in [-0.2, 0) is 10.0 Å². The first-order valence-corrected chi connectivity index (χ1v) is 7.22. The number of nitrogens with zero attached hydrogens (tertiary/aromatic N) is 2. The second kappa shape index (κ2) is 4.36. The van der Waals surface area contributed by atoms with Crippen LogP contribution in [0, 0.1) is 20.8 Å². The monoisotopic (exact) mass is 280 g/mol. The normalized spacial score (nSPS) is 11.8. The Hall–Kier alpha value is -1.86. The van der Waals surface area contributed by atoms with Crippen LogP contribution in [0.5, 0.6) is 0 Å². The van der Waals surface area contributed by atoms with E-state index in [0.29, 0.717) is 11.4 Å². The van der Waals surface area contributed by atoms with Crippen molar-refractivity contribution in [3.63, 3.8) is 0 Å². The maximum absolute atomic E-state index is 11.7. The highest BCUT2D eigenvalue weighted by molar-refractivity contribution is 7.89. The van der Waals surface area contributed by atoms with E-state index in [4.69, 9.17) is 10.9 Å². The van der Waals surface area contributed by atoms with Gasteiger partial charge in [0.05, 0.1) is 11.4 Å². The van der Waals surface area contributed by atoms with Crippen molar-refractivity contribution in [3.8, 4) is 5.69 Å². The number of rotatable bonds is 2. The van der Waals surface area contributed by atoms with E-state index in [0.717, 1.165) is 17.0 Å². The van der Waals surface area contributed by atoms with Gasteiger partial charge in [-0.1, -0.05) is 0 Å². The molecule has 1 aromatic carbocycles. The summed E-state index contributed by atoms with van der Waals surface area (Å²) in [6, 6.07) is 4.57. The van der Waals surface area contributed by atoms with Crippen molar-refractivity contribution in [1.82, 2.24) is 9.78 Å². The van der Waals surface area contributed by atoms with E-state index in [2.05, 4.69) is 5.10 Å². The first-order chi connectivity index (χ1) is 8.71. The Bertz CT molecular complexity index is 747. The average molecular weight is 280 g/mol. The fraction of sp³-hybridized carbons (Fsp3) is 0.250. The van der Waals surface area contributed by atoms with Gasteiger partial charge in [-0.3, -0.25) is 0 Å². The molecule has 6 nitrogen and oxygen atoms in total. The summed E-state index contributed by atoms with van der Waals surface area (Å²) in [6.45, 7) is 5.67. The molecule has 0 atom stereocenters. The summed E-state index contributed by atoms with van der Waals surface area (Å²) in [7, 11) is -3.87. The summed E-state index contributed by atoms with van der Waals surface area (Å²) >= 11 is 0. The van der Waals surface area contributed by atoms with E-state index in [1.807, 2.05) is 20.8 Å². The van der Waals surface area contributed by atoms with Crippen LogP contribution in [0.2, 0.25) is 0 Å². The smallest absolute Gasteiger partial charge is 0.240 e. The van der Waals surface area contributed by atoms with E-state index in [1.165, 1.54) is 6.07 Å². The lowest BCUT2D eigenvalue weighted by Crippen LogP contribution is -2.16. The van der Waals surface area contributed by atoms with Crippen molar-refractivity contribution in [3.05, 3.63) is 35.2 Å². The molecule has 0 aliphatic heterocycles. The quantitative estimate of drug-likeness (QED) is 0.801. The Morgan fingerprint density at radius 1 is 1.21 bits per heavy atom. The first-order valence-electron chi connectivity index (χ1n) is 5.67. The molecule has 0 aliphatic rings. The largest absolute Gasteiger partial charge is 0.399 e. The summed E-state index contributed by atoms with van der Waals surface area (Å²) in [4.78, 5) is -0.0295. The molecule has 0 fully saturated rings. The van der Waals surface area contributed by atoms with Crippen LogP contribution in [0.1, 0.15) is 17.0 Å². The van der Waals surface area contributed by atoms with Crippen LogP contribution < -0.4 is 10.9 Å². The summed E-state index contributed by atoms with van der Waals surface area (Å²) in [5, 5.41) is 9.57. The number of nitrogen functional groups attached to an aromatic ring is 1. The molecule has 0 spiro atoms. The number of aromatic nitrogens is 2. The van der Waals surface area contributed by atoms with Crippen LogP contribution in [0.25, 0.3) is 5.69 Å². The highest BCUT2D eigenvalue weighted by Gasteiger charge is 2.19. The van der Waals surface area contributed by atoms with Gasteiger partial charge < -0.3 is 5.73 Å². The number of aryl methyl sites for hydroxylation is 1. The second-order valence-electron chi connectivity index (χ2n) is 4.48. The van der Waals surface area contributed by atoms with Crippen molar-refractivity contribution in [1.29, 1.82) is 0 Å². The zero-order chi connectivity index (χ0) is 14.4. The maximum atomic E-state index is 11.7. The Kier molecular flexibility index (Phi) is 3.11. The number of primary sulfonamides is 1. The standard InChI is InChI=1S/C12H16N4O2S/c1-7-8(2)15-16(9(7)3)11-5-4-10(13)6-12(11)19(14,17)18/h4-6H,13H2,1-3H3,(H2,14,17,18). The molecule has 2 rings (SSSR count).